The van der Waals surface area contributed by atoms with Crippen LogP contribution in [0.5, 0.6) is 5.75 Å². The van der Waals surface area contributed by atoms with E-state index in [1.54, 1.807) is 0 Å². The van der Waals surface area contributed by atoms with Gasteiger partial charge in [0.15, 0.2) is 0 Å². The normalized spacial score (nSPS) is 14.9. The smallest absolute Gasteiger partial charge is 0.126 e. The van der Waals surface area contributed by atoms with Crippen molar-refractivity contribution >= 4 is 16.5 Å². The Kier molecular flexibility index (Phi) is 4.43. The number of hydrogen-bond acceptors (Lipinski definition) is 2. The van der Waals surface area contributed by atoms with E-state index in [0.717, 1.165) is 18.8 Å². The highest BCUT2D eigenvalue weighted by Gasteiger charge is 2.17. The van der Waals surface area contributed by atoms with Crippen molar-refractivity contribution in [3.8, 4) is 5.75 Å². The minimum Gasteiger partial charge on any atom is -0.463 e. The van der Waals surface area contributed by atoms with E-state index < -0.39 is 0 Å². The highest BCUT2D eigenvalue weighted by atomic mass is 16.5. The third-order valence-corrected chi connectivity index (χ3v) is 4.82. The van der Waals surface area contributed by atoms with Gasteiger partial charge in [-0.2, -0.15) is 0 Å². The molecule has 0 spiro atoms. The van der Waals surface area contributed by atoms with Crippen molar-refractivity contribution in [2.75, 3.05) is 13.1 Å². The summed E-state index contributed by atoms with van der Waals surface area (Å²) in [6.07, 6.45) is 4.41. The first kappa shape index (κ1) is 15.8. The number of nitrogens with zero attached hydrogens (tertiary/aromatic N) is 1. The van der Waals surface area contributed by atoms with E-state index in [0.29, 0.717) is 0 Å². The minimum absolute atomic E-state index is 0.878. The van der Waals surface area contributed by atoms with Crippen molar-refractivity contribution in [1.82, 2.24) is 4.90 Å². The Bertz CT molecular complexity index is 889. The second-order valence-corrected chi connectivity index (χ2v) is 6.69. The molecule has 0 saturated carbocycles. The van der Waals surface area contributed by atoms with Crippen molar-refractivity contribution in [1.29, 1.82) is 0 Å². The summed E-state index contributed by atoms with van der Waals surface area (Å²) in [6, 6.07) is 23.4. The monoisotopic (exact) mass is 329 g/mol. The van der Waals surface area contributed by atoms with Crippen LogP contribution >= 0.6 is 0 Å². The highest BCUT2D eigenvalue weighted by molar-refractivity contribution is 5.86. The maximum atomic E-state index is 6.00. The lowest BCUT2D eigenvalue weighted by molar-refractivity contribution is 0.442. The van der Waals surface area contributed by atoms with Gasteiger partial charge in [-0.25, -0.2) is 0 Å². The summed E-state index contributed by atoms with van der Waals surface area (Å²) in [5.74, 6) is 0.878. The fourth-order valence-electron chi connectivity index (χ4n) is 3.37. The molecule has 3 aromatic rings. The largest absolute Gasteiger partial charge is 0.463 e. The van der Waals surface area contributed by atoms with E-state index in [1.807, 2.05) is 18.4 Å². The number of aryl methyl sites for hydroxylation is 1. The van der Waals surface area contributed by atoms with Crippen LogP contribution in [0.15, 0.2) is 73.0 Å². The van der Waals surface area contributed by atoms with Gasteiger partial charge in [-0.1, -0.05) is 54.1 Å². The van der Waals surface area contributed by atoms with E-state index in [1.165, 1.54) is 40.4 Å². The molecule has 0 unspecified atom stereocenters. The highest BCUT2D eigenvalue weighted by Crippen LogP contribution is 2.27. The maximum absolute atomic E-state index is 6.00. The number of fused-ring (bicyclic) bond motifs is 1. The zero-order chi connectivity index (χ0) is 17.1. The van der Waals surface area contributed by atoms with E-state index >= 15 is 0 Å². The van der Waals surface area contributed by atoms with Crippen LogP contribution in [-0.2, 0) is 0 Å². The van der Waals surface area contributed by atoms with Gasteiger partial charge in [0.1, 0.15) is 12.0 Å². The molecule has 0 amide bonds. The minimum atomic E-state index is 0.878. The molecule has 0 aromatic heterocycles. The molecule has 1 aliphatic heterocycles. The fraction of sp³-hybridized carbons (Fsp3) is 0.217. The Balaban J connectivity index is 1.69. The molecule has 2 heteroatoms. The second-order valence-electron chi connectivity index (χ2n) is 6.69. The summed E-state index contributed by atoms with van der Waals surface area (Å²) in [7, 11) is 0. The van der Waals surface area contributed by atoms with E-state index in [2.05, 4.69) is 66.4 Å². The molecule has 0 N–H and O–H groups in total. The van der Waals surface area contributed by atoms with Gasteiger partial charge >= 0.3 is 0 Å². The molecule has 2 nitrogen and oxygen atoms in total. The average Bonchev–Trinajstić information content (AvgIpc) is 3.18. The molecular formula is C23H23NO. The van der Waals surface area contributed by atoms with Crippen molar-refractivity contribution < 1.29 is 4.74 Å². The van der Waals surface area contributed by atoms with Crippen molar-refractivity contribution in [2.24, 2.45) is 0 Å². The summed E-state index contributed by atoms with van der Waals surface area (Å²) < 4.78 is 6.00. The van der Waals surface area contributed by atoms with Crippen LogP contribution in [0.2, 0.25) is 0 Å². The molecule has 0 bridgehead atoms. The average molecular weight is 329 g/mol. The third-order valence-electron chi connectivity index (χ3n) is 4.82. The first-order valence-corrected chi connectivity index (χ1v) is 8.97. The first-order chi connectivity index (χ1) is 12.3. The van der Waals surface area contributed by atoms with Crippen LogP contribution < -0.4 is 4.74 Å². The SMILES string of the molecule is Cc1ccc(O/C=C(\c2ccc3ccccc3c2)N2CCCC2)cc1. The van der Waals surface area contributed by atoms with E-state index in [9.17, 15) is 0 Å². The summed E-state index contributed by atoms with van der Waals surface area (Å²) in [5.41, 5.74) is 3.63. The third kappa shape index (κ3) is 3.53. The Labute approximate surface area is 149 Å². The van der Waals surface area contributed by atoms with Crippen LogP contribution in [0, 0.1) is 6.92 Å². The lowest BCUT2D eigenvalue weighted by Crippen LogP contribution is -2.18. The Morgan fingerprint density at radius 1 is 0.880 bits per heavy atom. The van der Waals surface area contributed by atoms with Crippen molar-refractivity contribution in [3.63, 3.8) is 0 Å². The predicted octanol–water partition coefficient (Wildman–Crippen LogP) is 5.62. The van der Waals surface area contributed by atoms with Gasteiger partial charge in [-0.05, 0) is 48.7 Å². The standard InChI is InChI=1S/C23H23NO/c1-18-8-12-22(13-9-18)25-17-23(24-14-4-5-15-24)21-11-10-19-6-2-3-7-20(19)16-21/h2-3,6-13,16-17H,4-5,14-15H2,1H3/b23-17+. The lowest BCUT2D eigenvalue weighted by atomic mass is 10.0. The predicted molar refractivity (Wildman–Crippen MR) is 105 cm³/mol. The molecule has 25 heavy (non-hydrogen) atoms. The van der Waals surface area contributed by atoms with Gasteiger partial charge in [0.25, 0.3) is 0 Å². The van der Waals surface area contributed by atoms with E-state index in [-0.39, 0.29) is 0 Å². The van der Waals surface area contributed by atoms with Gasteiger partial charge in [-0.3, -0.25) is 0 Å². The van der Waals surface area contributed by atoms with Crippen LogP contribution in [0.3, 0.4) is 0 Å². The van der Waals surface area contributed by atoms with Gasteiger partial charge < -0.3 is 9.64 Å². The molecule has 3 aromatic carbocycles. The van der Waals surface area contributed by atoms with Gasteiger partial charge in [0.2, 0.25) is 0 Å². The van der Waals surface area contributed by atoms with Crippen LogP contribution in [0.25, 0.3) is 16.5 Å². The van der Waals surface area contributed by atoms with Gasteiger partial charge in [-0.15, -0.1) is 0 Å². The molecule has 0 atom stereocenters. The van der Waals surface area contributed by atoms with Gasteiger partial charge in [0.05, 0.1) is 5.70 Å². The quantitative estimate of drug-likeness (QED) is 0.576. The van der Waals surface area contributed by atoms with Crippen LogP contribution in [0.4, 0.5) is 0 Å². The topological polar surface area (TPSA) is 12.5 Å². The molecule has 0 aliphatic carbocycles. The zero-order valence-corrected chi connectivity index (χ0v) is 14.6. The van der Waals surface area contributed by atoms with Crippen LogP contribution in [0.1, 0.15) is 24.0 Å². The summed E-state index contributed by atoms with van der Waals surface area (Å²) in [4.78, 5) is 2.43. The molecule has 0 radical (unpaired) electrons. The second kappa shape index (κ2) is 7.02. The number of ether oxygens (including phenoxy) is 1. The molecule has 4 rings (SSSR count). The number of hydrogen-bond donors (Lipinski definition) is 0. The molecular weight excluding hydrogens is 306 g/mol. The molecule has 1 saturated heterocycles. The lowest BCUT2D eigenvalue weighted by Gasteiger charge is -2.22. The zero-order valence-electron chi connectivity index (χ0n) is 14.6. The Morgan fingerprint density at radius 3 is 2.36 bits per heavy atom. The fourth-order valence-corrected chi connectivity index (χ4v) is 3.37. The number of benzene rings is 3. The maximum Gasteiger partial charge on any atom is 0.126 e. The molecule has 126 valence electrons. The van der Waals surface area contributed by atoms with E-state index in [4.69, 9.17) is 4.74 Å². The molecule has 1 fully saturated rings. The van der Waals surface area contributed by atoms with Crippen molar-refractivity contribution in [3.05, 3.63) is 84.1 Å². The summed E-state index contributed by atoms with van der Waals surface area (Å²) in [6.45, 7) is 4.27. The van der Waals surface area contributed by atoms with Crippen molar-refractivity contribution in [2.45, 2.75) is 19.8 Å². The number of likely N-dealkylation sites (tertiary alicyclic amines) is 1. The Morgan fingerprint density at radius 2 is 1.60 bits per heavy atom. The number of rotatable bonds is 4. The van der Waals surface area contributed by atoms with Crippen LogP contribution in [-0.4, -0.2) is 18.0 Å². The van der Waals surface area contributed by atoms with Gasteiger partial charge in [0, 0.05) is 18.7 Å². The first-order valence-electron chi connectivity index (χ1n) is 8.97. The summed E-state index contributed by atoms with van der Waals surface area (Å²) in [5, 5.41) is 2.53. The summed E-state index contributed by atoms with van der Waals surface area (Å²) >= 11 is 0. The molecule has 1 heterocycles. The Hall–Kier alpha value is -2.74. The molecule has 1 aliphatic rings.